The van der Waals surface area contributed by atoms with Crippen LogP contribution in [0.3, 0.4) is 0 Å². The second-order valence-corrected chi connectivity index (χ2v) is 17.2. The first kappa shape index (κ1) is 41.4. The Labute approximate surface area is 297 Å². The molecule has 1 saturated heterocycles. The lowest BCUT2D eigenvalue weighted by atomic mass is 10.1. The topological polar surface area (TPSA) is 208 Å². The molecule has 2 aromatic rings. The first-order valence-corrected chi connectivity index (χ1v) is 21.0. The van der Waals surface area contributed by atoms with Gasteiger partial charge in [-0.25, -0.2) is 8.42 Å². The van der Waals surface area contributed by atoms with E-state index in [1.165, 1.54) is 6.07 Å². The average Bonchev–Trinajstić information content (AvgIpc) is 3.32. The minimum absolute atomic E-state index is 0.0640. The van der Waals surface area contributed by atoms with E-state index in [1.807, 2.05) is 25.1 Å². The number of thioether (sulfide) groups is 1. The molecular formula is C33H48N3O11PS2. The zero-order chi connectivity index (χ0) is 36.9. The highest BCUT2D eigenvalue weighted by Gasteiger charge is 2.40. The molecule has 1 aliphatic rings. The van der Waals surface area contributed by atoms with Crippen molar-refractivity contribution in [3.05, 3.63) is 36.4 Å². The van der Waals surface area contributed by atoms with Gasteiger partial charge in [0.15, 0.2) is 0 Å². The van der Waals surface area contributed by atoms with Gasteiger partial charge in [-0.2, -0.15) is 4.72 Å². The van der Waals surface area contributed by atoms with Crippen molar-refractivity contribution in [2.24, 2.45) is 0 Å². The van der Waals surface area contributed by atoms with E-state index in [1.54, 1.807) is 24.3 Å². The monoisotopic (exact) mass is 757 g/mol. The quantitative estimate of drug-likeness (QED) is 0.0545. The van der Waals surface area contributed by atoms with Crippen molar-refractivity contribution in [1.29, 1.82) is 0 Å². The van der Waals surface area contributed by atoms with Crippen LogP contribution in [0.2, 0.25) is 0 Å². The number of ether oxygens (including phenoxy) is 1. The Kier molecular flexibility index (Phi) is 16.2. The van der Waals surface area contributed by atoms with Gasteiger partial charge in [-0.3, -0.25) is 28.6 Å². The number of benzene rings is 2. The molecule has 3 rings (SSSR count). The Morgan fingerprint density at radius 2 is 1.58 bits per heavy atom. The number of carboxylic acids is 1. The number of nitrogens with one attached hydrogen (secondary N) is 1. The fourth-order valence-corrected chi connectivity index (χ4v) is 8.98. The number of carboxylic acid groups (broad SMARTS) is 1. The van der Waals surface area contributed by atoms with Crippen LogP contribution in [0.15, 0.2) is 41.3 Å². The number of fused-ring (bicyclic) bond motifs is 1. The van der Waals surface area contributed by atoms with Crippen LogP contribution < -0.4 is 9.62 Å². The van der Waals surface area contributed by atoms with Gasteiger partial charge in [-0.05, 0) is 25.0 Å². The van der Waals surface area contributed by atoms with Gasteiger partial charge in [0, 0.05) is 55.4 Å². The third-order valence-corrected chi connectivity index (χ3v) is 12.0. The summed E-state index contributed by atoms with van der Waals surface area (Å²) >= 11 is 0.875. The van der Waals surface area contributed by atoms with Crippen LogP contribution in [0, 0.1) is 0 Å². The summed E-state index contributed by atoms with van der Waals surface area (Å²) in [6, 6.07) is 8.39. The van der Waals surface area contributed by atoms with Crippen molar-refractivity contribution in [3.8, 4) is 0 Å². The third kappa shape index (κ3) is 13.0. The molecule has 14 nitrogen and oxygen atoms in total. The standard InChI is InChI=1S/C33H48N3O11PS2/c1-35(2)27-16-12-15-25-24(27)14-13-17-29(25)50(45,46)34-26(33(40)41)23-49-28-22-30(37)36(32(28)39)19-18-31(38)47-20-10-8-6-4-3-5-7-9-11-21-48(42,43)44/h12-17,26,28,34H,3-11,18-23H2,1-2H3,(H,40,41)(H2,42,43,44)/t26-,28?/m0/s1. The van der Waals surface area contributed by atoms with Gasteiger partial charge in [0.25, 0.3) is 0 Å². The third-order valence-electron chi connectivity index (χ3n) is 8.29. The molecule has 50 heavy (non-hydrogen) atoms. The first-order valence-electron chi connectivity index (χ1n) is 16.7. The molecular weight excluding hydrogens is 709 g/mol. The summed E-state index contributed by atoms with van der Waals surface area (Å²) in [5, 5.41) is 10.0. The molecule has 0 aliphatic carbocycles. The van der Waals surface area contributed by atoms with E-state index >= 15 is 0 Å². The number of amides is 2. The van der Waals surface area contributed by atoms with E-state index in [2.05, 4.69) is 4.72 Å². The number of sulfonamides is 1. The number of carbonyl (C=O) groups is 4. The molecule has 4 N–H and O–H groups in total. The zero-order valence-electron chi connectivity index (χ0n) is 28.5. The molecule has 17 heteroatoms. The molecule has 0 aromatic heterocycles. The lowest BCUT2D eigenvalue weighted by Crippen LogP contribution is -2.43. The SMILES string of the molecule is CN(C)c1cccc2c(S(=O)(=O)N[C@@H](CSC3CC(=O)N(CCC(=O)OCCCCCCCCCCCP(=O)(O)O)C3=O)C(=O)O)cccc12. The smallest absolute Gasteiger partial charge is 0.325 e. The van der Waals surface area contributed by atoms with Gasteiger partial charge in [-0.1, -0.05) is 69.2 Å². The highest BCUT2D eigenvalue weighted by molar-refractivity contribution is 8.00. The highest BCUT2D eigenvalue weighted by Crippen LogP contribution is 2.35. The normalized spacial score (nSPS) is 15.8. The maximum Gasteiger partial charge on any atom is 0.325 e. The Balaban J connectivity index is 1.39. The summed E-state index contributed by atoms with van der Waals surface area (Å²) < 4.78 is 45.1. The van der Waals surface area contributed by atoms with Gasteiger partial charge in [0.05, 0.1) is 23.2 Å². The fourth-order valence-electron chi connectivity index (χ4n) is 5.64. The molecule has 0 radical (unpaired) electrons. The first-order chi connectivity index (χ1) is 23.6. The molecule has 1 unspecified atom stereocenters. The van der Waals surface area contributed by atoms with Crippen LogP contribution in [-0.2, 0) is 38.5 Å². The minimum Gasteiger partial charge on any atom is -0.480 e. The summed E-state index contributed by atoms with van der Waals surface area (Å²) in [4.78, 5) is 70.3. The average molecular weight is 758 g/mol. The summed E-state index contributed by atoms with van der Waals surface area (Å²) in [5.41, 5.74) is 0.792. The van der Waals surface area contributed by atoms with Gasteiger partial charge < -0.3 is 24.5 Å². The van der Waals surface area contributed by atoms with E-state index in [-0.39, 0.29) is 42.8 Å². The van der Waals surface area contributed by atoms with E-state index in [9.17, 15) is 37.3 Å². The lowest BCUT2D eigenvalue weighted by molar-refractivity contribution is -0.145. The van der Waals surface area contributed by atoms with E-state index in [0.717, 1.165) is 67.3 Å². The maximum absolute atomic E-state index is 13.4. The van der Waals surface area contributed by atoms with Gasteiger partial charge in [0.1, 0.15) is 6.04 Å². The number of carbonyl (C=O) groups excluding carboxylic acids is 3. The van der Waals surface area contributed by atoms with Crippen LogP contribution in [0.5, 0.6) is 0 Å². The number of likely N-dealkylation sites (tertiary alicyclic amines) is 1. The summed E-state index contributed by atoms with van der Waals surface area (Å²) in [6.45, 7) is 0.0659. The summed E-state index contributed by atoms with van der Waals surface area (Å²) in [6.07, 6.45) is 7.43. The number of nitrogens with zero attached hydrogens (tertiary/aromatic N) is 2. The summed E-state index contributed by atoms with van der Waals surface area (Å²) in [7, 11) is -4.54. The number of esters is 1. The van der Waals surface area contributed by atoms with E-state index in [4.69, 9.17) is 14.5 Å². The fraction of sp³-hybridized carbons (Fsp3) is 0.576. The maximum atomic E-state index is 13.4. The van der Waals surface area contributed by atoms with Crippen molar-refractivity contribution in [1.82, 2.24) is 9.62 Å². The number of unbranched alkanes of at least 4 members (excludes halogenated alkanes) is 8. The van der Waals surface area contributed by atoms with Crippen molar-refractivity contribution >= 4 is 69.6 Å². The molecule has 1 aliphatic heterocycles. The van der Waals surface area contributed by atoms with Crippen molar-refractivity contribution in [2.45, 2.75) is 86.8 Å². The number of rotatable bonds is 23. The van der Waals surface area contributed by atoms with Crippen LogP contribution >= 0.6 is 19.4 Å². The Morgan fingerprint density at radius 3 is 2.20 bits per heavy atom. The lowest BCUT2D eigenvalue weighted by Gasteiger charge is -2.19. The molecule has 1 fully saturated rings. The zero-order valence-corrected chi connectivity index (χ0v) is 31.0. The molecule has 0 saturated carbocycles. The van der Waals surface area contributed by atoms with Crippen molar-refractivity contribution in [2.75, 3.05) is 44.1 Å². The van der Waals surface area contributed by atoms with Crippen LogP contribution in [0.25, 0.3) is 10.8 Å². The number of anilines is 1. The Morgan fingerprint density at radius 1 is 0.980 bits per heavy atom. The van der Waals surface area contributed by atoms with Crippen molar-refractivity contribution < 1.29 is 51.8 Å². The molecule has 2 aromatic carbocycles. The van der Waals surface area contributed by atoms with Crippen LogP contribution in [0.4, 0.5) is 5.69 Å². The van der Waals surface area contributed by atoms with Gasteiger partial charge >= 0.3 is 19.5 Å². The molecule has 2 amide bonds. The number of hydrogen-bond acceptors (Lipinski definition) is 10. The molecule has 0 spiro atoms. The second kappa shape index (κ2) is 19.6. The Bertz CT molecular complexity index is 1650. The number of aliphatic carboxylic acids is 1. The Hall–Kier alpha value is -3.01. The molecule has 0 bridgehead atoms. The van der Waals surface area contributed by atoms with Gasteiger partial charge in [0.2, 0.25) is 21.8 Å². The predicted molar refractivity (Wildman–Crippen MR) is 192 cm³/mol. The molecule has 278 valence electrons. The molecule has 2 atom stereocenters. The second-order valence-electron chi connectivity index (χ2n) is 12.5. The predicted octanol–water partition coefficient (Wildman–Crippen LogP) is 4.12. The largest absolute Gasteiger partial charge is 0.480 e. The minimum atomic E-state index is -4.29. The van der Waals surface area contributed by atoms with Crippen molar-refractivity contribution in [3.63, 3.8) is 0 Å². The highest BCUT2D eigenvalue weighted by atomic mass is 32.2. The van der Waals surface area contributed by atoms with Crippen LogP contribution in [-0.4, -0.2) is 102 Å². The number of imide groups is 1. The van der Waals surface area contributed by atoms with Crippen LogP contribution in [0.1, 0.15) is 70.6 Å². The van der Waals surface area contributed by atoms with E-state index in [0.29, 0.717) is 23.6 Å². The van der Waals surface area contributed by atoms with E-state index < -0.39 is 52.7 Å². The molecule has 1 heterocycles. The van der Waals surface area contributed by atoms with Gasteiger partial charge in [-0.15, -0.1) is 11.8 Å². The summed E-state index contributed by atoms with van der Waals surface area (Å²) in [5.74, 6) is -3.33. The number of hydrogen-bond donors (Lipinski definition) is 4.